The van der Waals surface area contributed by atoms with Crippen molar-refractivity contribution in [2.24, 2.45) is 0 Å². The molecule has 0 atom stereocenters. The number of ether oxygens (including phenoxy) is 1. The minimum atomic E-state index is -3.13. The second kappa shape index (κ2) is 7.31. The smallest absolute Gasteiger partial charge is 0.154 e. The van der Waals surface area contributed by atoms with E-state index >= 15 is 0 Å². The number of aryl methyl sites for hydroxylation is 1. The maximum atomic E-state index is 12.1. The Morgan fingerprint density at radius 2 is 1.82 bits per heavy atom. The van der Waals surface area contributed by atoms with Gasteiger partial charge in [0.25, 0.3) is 0 Å². The van der Waals surface area contributed by atoms with Crippen LogP contribution in [0.15, 0.2) is 48.5 Å². The molecule has 0 amide bonds. The van der Waals surface area contributed by atoms with Crippen LogP contribution in [-0.2, 0) is 15.6 Å². The van der Waals surface area contributed by atoms with Gasteiger partial charge in [-0.2, -0.15) is 0 Å². The highest BCUT2D eigenvalue weighted by molar-refractivity contribution is 7.90. The predicted molar refractivity (Wildman–Crippen MR) is 89.6 cm³/mol. The highest BCUT2D eigenvalue weighted by Gasteiger charge is 2.11. The number of sulfone groups is 1. The van der Waals surface area contributed by atoms with Gasteiger partial charge >= 0.3 is 0 Å². The Balaban J connectivity index is 1.79. The molecule has 0 radical (unpaired) electrons. The van der Waals surface area contributed by atoms with Gasteiger partial charge in [-0.15, -0.1) is 0 Å². The molecule has 2 aromatic rings. The van der Waals surface area contributed by atoms with Crippen molar-refractivity contribution in [3.63, 3.8) is 0 Å². The van der Waals surface area contributed by atoms with Crippen molar-refractivity contribution < 1.29 is 13.2 Å². The molecule has 2 rings (SSSR count). The number of hydrogen-bond acceptors (Lipinski definition) is 4. The molecule has 0 aliphatic carbocycles. The molecule has 0 heterocycles. The van der Waals surface area contributed by atoms with Gasteiger partial charge in [-0.1, -0.05) is 24.3 Å². The first-order chi connectivity index (χ1) is 10.4. The van der Waals surface area contributed by atoms with Gasteiger partial charge in [0.2, 0.25) is 0 Å². The maximum absolute atomic E-state index is 12.1. The first-order valence-corrected chi connectivity index (χ1v) is 9.01. The lowest BCUT2D eigenvalue weighted by molar-refractivity contribution is 0.317. The SMILES string of the molecule is Cc1cccc(OCCCS(=O)(=O)Cc2ccc(N)cc2)c1. The molecule has 0 spiro atoms. The summed E-state index contributed by atoms with van der Waals surface area (Å²) in [6, 6.07) is 14.6. The Hall–Kier alpha value is -2.01. The van der Waals surface area contributed by atoms with Crippen LogP contribution in [0.25, 0.3) is 0 Å². The molecule has 0 aliphatic rings. The lowest BCUT2D eigenvalue weighted by atomic mass is 10.2. The molecule has 0 unspecified atom stereocenters. The fourth-order valence-electron chi connectivity index (χ4n) is 2.11. The van der Waals surface area contributed by atoms with Gasteiger partial charge in [0, 0.05) is 5.69 Å². The number of benzene rings is 2. The zero-order valence-corrected chi connectivity index (χ0v) is 13.5. The summed E-state index contributed by atoms with van der Waals surface area (Å²) in [4.78, 5) is 0. The third-order valence-corrected chi connectivity index (χ3v) is 4.91. The summed E-state index contributed by atoms with van der Waals surface area (Å²) in [6.45, 7) is 2.38. The van der Waals surface area contributed by atoms with Crippen molar-refractivity contribution in [2.75, 3.05) is 18.1 Å². The molecule has 0 fully saturated rings. The first-order valence-electron chi connectivity index (χ1n) is 7.19. The van der Waals surface area contributed by atoms with E-state index in [0.717, 1.165) is 16.9 Å². The molecule has 2 N–H and O–H groups in total. The van der Waals surface area contributed by atoms with Gasteiger partial charge in [0.15, 0.2) is 9.84 Å². The molecule has 2 aromatic carbocycles. The standard InChI is InChI=1S/C17H21NO3S/c1-14-4-2-5-17(12-14)21-10-3-11-22(19,20)13-15-6-8-16(18)9-7-15/h2,4-9,12H,3,10-11,13,18H2,1H3. The van der Waals surface area contributed by atoms with Crippen molar-refractivity contribution >= 4 is 15.5 Å². The molecule has 5 heteroatoms. The van der Waals surface area contributed by atoms with E-state index in [2.05, 4.69) is 0 Å². The Kier molecular flexibility index (Phi) is 5.44. The van der Waals surface area contributed by atoms with Gasteiger partial charge in [-0.3, -0.25) is 0 Å². The van der Waals surface area contributed by atoms with E-state index in [9.17, 15) is 8.42 Å². The largest absolute Gasteiger partial charge is 0.494 e. The van der Waals surface area contributed by atoms with Crippen LogP contribution in [0.3, 0.4) is 0 Å². The Morgan fingerprint density at radius 1 is 1.09 bits per heavy atom. The van der Waals surface area contributed by atoms with Gasteiger partial charge < -0.3 is 10.5 Å². The van der Waals surface area contributed by atoms with Crippen LogP contribution in [0.4, 0.5) is 5.69 Å². The second-order valence-corrected chi connectivity index (χ2v) is 7.54. The summed E-state index contributed by atoms with van der Waals surface area (Å²) in [6.07, 6.45) is 0.477. The van der Waals surface area contributed by atoms with E-state index < -0.39 is 9.84 Å². The molecule has 0 saturated heterocycles. The minimum absolute atomic E-state index is 0.0394. The average Bonchev–Trinajstić information content (AvgIpc) is 2.46. The van der Waals surface area contributed by atoms with Crippen LogP contribution in [0.2, 0.25) is 0 Å². The number of nitrogen functional groups attached to an aromatic ring is 1. The quantitative estimate of drug-likeness (QED) is 0.629. The third kappa shape index (κ3) is 5.41. The van der Waals surface area contributed by atoms with Crippen LogP contribution in [-0.4, -0.2) is 20.8 Å². The van der Waals surface area contributed by atoms with Crippen molar-refractivity contribution in [1.29, 1.82) is 0 Å². The second-order valence-electron chi connectivity index (χ2n) is 5.35. The summed E-state index contributed by atoms with van der Waals surface area (Å²) >= 11 is 0. The van der Waals surface area contributed by atoms with Crippen LogP contribution in [0, 0.1) is 6.92 Å². The maximum Gasteiger partial charge on any atom is 0.154 e. The van der Waals surface area contributed by atoms with E-state index in [1.54, 1.807) is 24.3 Å². The zero-order chi connectivity index (χ0) is 16.0. The molecule has 22 heavy (non-hydrogen) atoms. The zero-order valence-electron chi connectivity index (χ0n) is 12.7. The molecule has 0 aliphatic heterocycles. The van der Waals surface area contributed by atoms with Gasteiger partial charge in [0.1, 0.15) is 5.75 Å². The Labute approximate surface area is 131 Å². The van der Waals surface area contributed by atoms with E-state index in [1.807, 2.05) is 31.2 Å². The number of hydrogen-bond donors (Lipinski definition) is 1. The minimum Gasteiger partial charge on any atom is -0.494 e. The van der Waals surface area contributed by atoms with Crippen LogP contribution >= 0.6 is 0 Å². The van der Waals surface area contributed by atoms with E-state index in [1.165, 1.54) is 0 Å². The van der Waals surface area contributed by atoms with Crippen LogP contribution < -0.4 is 10.5 Å². The Morgan fingerprint density at radius 3 is 2.50 bits per heavy atom. The number of nitrogens with two attached hydrogens (primary N) is 1. The lowest BCUT2D eigenvalue weighted by Gasteiger charge is -2.08. The van der Waals surface area contributed by atoms with E-state index in [-0.39, 0.29) is 11.5 Å². The molecule has 4 nitrogen and oxygen atoms in total. The average molecular weight is 319 g/mol. The van der Waals surface area contributed by atoms with Gasteiger partial charge in [0.05, 0.1) is 18.1 Å². The third-order valence-electron chi connectivity index (χ3n) is 3.22. The highest BCUT2D eigenvalue weighted by Crippen LogP contribution is 2.13. The molecular weight excluding hydrogens is 298 g/mol. The lowest BCUT2D eigenvalue weighted by Crippen LogP contribution is -2.12. The normalized spacial score (nSPS) is 11.3. The summed E-state index contributed by atoms with van der Waals surface area (Å²) in [5, 5.41) is 0. The Bertz CT molecular complexity index is 709. The van der Waals surface area contributed by atoms with Gasteiger partial charge in [-0.25, -0.2) is 8.42 Å². The van der Waals surface area contributed by atoms with Crippen molar-refractivity contribution in [3.8, 4) is 5.75 Å². The molecule has 0 aromatic heterocycles. The highest BCUT2D eigenvalue weighted by atomic mass is 32.2. The molecule has 0 bridgehead atoms. The number of anilines is 1. The molecular formula is C17H21NO3S. The molecule has 0 saturated carbocycles. The first kappa shape index (κ1) is 16.4. The summed E-state index contributed by atoms with van der Waals surface area (Å²) in [5.74, 6) is 0.928. The van der Waals surface area contributed by atoms with Crippen molar-refractivity contribution in [2.45, 2.75) is 19.1 Å². The van der Waals surface area contributed by atoms with E-state index in [4.69, 9.17) is 10.5 Å². The topological polar surface area (TPSA) is 69.4 Å². The van der Waals surface area contributed by atoms with Crippen molar-refractivity contribution in [3.05, 3.63) is 59.7 Å². The van der Waals surface area contributed by atoms with Crippen LogP contribution in [0.1, 0.15) is 17.5 Å². The summed E-state index contributed by atoms with van der Waals surface area (Å²) < 4.78 is 29.7. The van der Waals surface area contributed by atoms with Crippen molar-refractivity contribution in [1.82, 2.24) is 0 Å². The fraction of sp³-hybridized carbons (Fsp3) is 0.294. The number of rotatable bonds is 7. The van der Waals surface area contributed by atoms with E-state index in [0.29, 0.717) is 18.7 Å². The fourth-order valence-corrected chi connectivity index (χ4v) is 3.52. The summed E-state index contributed by atoms with van der Waals surface area (Å²) in [7, 11) is -3.13. The predicted octanol–water partition coefficient (Wildman–Crippen LogP) is 2.96. The monoisotopic (exact) mass is 319 g/mol. The van der Waals surface area contributed by atoms with Crippen LogP contribution in [0.5, 0.6) is 5.75 Å². The van der Waals surface area contributed by atoms with Gasteiger partial charge in [-0.05, 0) is 48.7 Å². The summed E-state index contributed by atoms with van der Waals surface area (Å²) in [5.41, 5.74) is 8.10. The molecule has 118 valence electrons.